The van der Waals surface area contributed by atoms with Crippen molar-refractivity contribution in [2.24, 2.45) is 0 Å². The van der Waals surface area contributed by atoms with Gasteiger partial charge in [0.15, 0.2) is 11.9 Å². The van der Waals surface area contributed by atoms with Crippen molar-refractivity contribution in [3.63, 3.8) is 0 Å². The Kier molecular flexibility index (Phi) is 13.4. The van der Waals surface area contributed by atoms with E-state index in [9.17, 15) is 0 Å². The van der Waals surface area contributed by atoms with E-state index < -0.39 is 23.9 Å². The smallest absolute Gasteiger partial charge is 0.539 e. The molecule has 0 aliphatic rings. The summed E-state index contributed by atoms with van der Waals surface area (Å²) >= 11 is 0. The normalized spacial score (nSPS) is 6.77. The molecule has 0 unspecified atom stereocenters. The third kappa shape index (κ3) is 18.4. The molecule has 0 atom stereocenters. The number of aliphatic carboxylic acids is 4. The van der Waals surface area contributed by atoms with Gasteiger partial charge in [-0.3, -0.25) is 0 Å². The van der Waals surface area contributed by atoms with Crippen LogP contribution >= 0.6 is 0 Å². The van der Waals surface area contributed by atoms with Gasteiger partial charge in [0.2, 0.25) is 0 Å². The van der Waals surface area contributed by atoms with Crippen LogP contribution in [0.2, 0.25) is 0 Å². The zero-order valence-corrected chi connectivity index (χ0v) is 10.5. The van der Waals surface area contributed by atoms with Gasteiger partial charge in [0.05, 0.1) is 0 Å². The summed E-state index contributed by atoms with van der Waals surface area (Å²) in [5.74, 6) is -8.02. The van der Waals surface area contributed by atoms with Gasteiger partial charge >= 0.3 is 60.8 Å². The fraction of sp³-hybridized carbons (Fsp3) is 0. The minimum atomic E-state index is -2.07. The summed E-state index contributed by atoms with van der Waals surface area (Å²) in [5, 5.41) is 32.6. The van der Waals surface area contributed by atoms with E-state index in [1.165, 1.54) is 0 Å². The molecule has 8 nitrogen and oxygen atoms in total. The largest absolute Gasteiger partial charge is 2.00 e. The van der Waals surface area contributed by atoms with E-state index in [1.807, 2.05) is 0 Å². The predicted octanol–water partition coefficient (Wildman–Crippen LogP) is -4.74. The monoisotopic (exact) mass is 316 g/mol. The molecular weight excluding hydrogens is 313 g/mol. The third-order valence-electron chi connectivity index (χ3n) is 0.349. The first-order valence-corrected chi connectivity index (χ1v) is 2.17. The second kappa shape index (κ2) is 9.54. The Morgan fingerprint density at radius 2 is 0.846 bits per heavy atom. The van der Waals surface area contributed by atoms with Crippen LogP contribution in [0.15, 0.2) is 0 Å². The van der Waals surface area contributed by atoms with Crippen LogP contribution in [-0.2, 0) is 19.2 Å². The van der Waals surface area contributed by atoms with Crippen molar-refractivity contribution in [3.8, 4) is 0 Å². The van der Waals surface area contributed by atoms with Crippen molar-refractivity contribution in [3.05, 3.63) is 0 Å². The molecule has 13 heavy (non-hydrogen) atoms. The van der Waals surface area contributed by atoms with E-state index in [4.69, 9.17) is 39.6 Å². The predicted molar refractivity (Wildman–Crippen MR) is 31.0 cm³/mol. The van der Waals surface area contributed by atoms with Crippen LogP contribution in [-0.4, -0.2) is 83.0 Å². The maximum absolute atomic E-state index is 9.04. The molecule has 0 saturated heterocycles. The standard InChI is InChI=1S/2C2H2O4.Ba/c2*3-1(4)2(5)6;/h2*(H,3,4)(H,5,6);/q;;+2/p-2. The van der Waals surface area contributed by atoms with Crippen LogP contribution in [0.25, 0.3) is 0 Å². The average molecular weight is 315 g/mol. The third-order valence-corrected chi connectivity index (χ3v) is 0.349. The Morgan fingerprint density at radius 3 is 0.846 bits per heavy atom. The molecule has 0 aromatic heterocycles. The molecule has 68 valence electrons. The number of carboxylic acids is 4. The van der Waals surface area contributed by atoms with Crippen LogP contribution in [0.4, 0.5) is 0 Å². The van der Waals surface area contributed by atoms with Gasteiger partial charge in [0, 0.05) is 0 Å². The first kappa shape index (κ1) is 18.3. The molecule has 0 aliphatic carbocycles. The van der Waals surface area contributed by atoms with E-state index in [1.54, 1.807) is 0 Å². The van der Waals surface area contributed by atoms with Crippen molar-refractivity contribution < 1.29 is 39.6 Å². The molecule has 0 aliphatic heterocycles. The molecule has 0 spiro atoms. The molecule has 0 amide bonds. The Bertz CT molecular complexity index is 172. The minimum absolute atomic E-state index is 0. The van der Waals surface area contributed by atoms with Crippen LogP contribution in [0.3, 0.4) is 0 Å². The molecule has 0 rings (SSSR count). The number of carbonyl (C=O) groups excluding carboxylic acids is 2. The summed E-state index contributed by atoms with van der Waals surface area (Å²) in [6.45, 7) is 0. The van der Waals surface area contributed by atoms with E-state index in [2.05, 4.69) is 0 Å². The number of hydrogen-bond donors (Lipinski definition) is 2. The van der Waals surface area contributed by atoms with E-state index in [0.29, 0.717) is 0 Å². The SMILES string of the molecule is O=C([O-])C(=O)O.O=C([O-])C(=O)O.[Ba+2]. The summed E-state index contributed by atoms with van der Waals surface area (Å²) in [4.78, 5) is 36.1. The van der Waals surface area contributed by atoms with Crippen molar-refractivity contribution >= 4 is 72.8 Å². The second-order valence-electron chi connectivity index (χ2n) is 1.19. The minimum Gasteiger partial charge on any atom is -0.539 e. The first-order valence-electron chi connectivity index (χ1n) is 2.17. The zero-order chi connectivity index (χ0) is 10.3. The van der Waals surface area contributed by atoms with Crippen molar-refractivity contribution in [2.75, 3.05) is 0 Å². The Morgan fingerprint density at radius 1 is 0.769 bits per heavy atom. The van der Waals surface area contributed by atoms with Gasteiger partial charge in [-0.15, -0.1) is 0 Å². The van der Waals surface area contributed by atoms with E-state index >= 15 is 0 Å². The van der Waals surface area contributed by atoms with Gasteiger partial charge in [-0.25, -0.2) is 9.59 Å². The summed E-state index contributed by atoms with van der Waals surface area (Å²) < 4.78 is 0. The van der Waals surface area contributed by atoms with Gasteiger partial charge in [-0.2, -0.15) is 0 Å². The molecule has 0 radical (unpaired) electrons. The number of rotatable bonds is 0. The Labute approximate surface area is 111 Å². The van der Waals surface area contributed by atoms with Gasteiger partial charge in [-0.1, -0.05) is 0 Å². The number of hydrogen-bond acceptors (Lipinski definition) is 6. The first-order chi connectivity index (χ1) is 5.29. The molecule has 0 heterocycles. The molecule has 0 aromatic rings. The summed E-state index contributed by atoms with van der Waals surface area (Å²) in [5.41, 5.74) is 0. The summed E-state index contributed by atoms with van der Waals surface area (Å²) in [6, 6.07) is 0. The topological polar surface area (TPSA) is 155 Å². The van der Waals surface area contributed by atoms with Crippen molar-refractivity contribution in [1.82, 2.24) is 0 Å². The maximum Gasteiger partial charge on any atom is 2.00 e. The average Bonchev–Trinajstić information content (AvgIpc) is 1.88. The van der Waals surface area contributed by atoms with Crippen LogP contribution < -0.4 is 10.2 Å². The molecule has 0 saturated carbocycles. The second-order valence-corrected chi connectivity index (χ2v) is 1.19. The quantitative estimate of drug-likeness (QED) is 0.333. The van der Waals surface area contributed by atoms with E-state index in [0.717, 1.165) is 0 Å². The Hall–Kier alpha value is -0.549. The van der Waals surface area contributed by atoms with Crippen molar-refractivity contribution in [2.45, 2.75) is 0 Å². The van der Waals surface area contributed by atoms with Gasteiger partial charge in [-0.05, 0) is 0 Å². The summed E-state index contributed by atoms with van der Waals surface area (Å²) in [6.07, 6.45) is 0. The molecular formula is C4H2BaO8. The van der Waals surface area contributed by atoms with Gasteiger partial charge in [0.25, 0.3) is 0 Å². The molecule has 2 N–H and O–H groups in total. The van der Waals surface area contributed by atoms with Crippen LogP contribution in [0.5, 0.6) is 0 Å². The zero-order valence-electron chi connectivity index (χ0n) is 6.05. The molecule has 0 fully saturated rings. The van der Waals surface area contributed by atoms with Gasteiger partial charge < -0.3 is 30.0 Å². The fourth-order valence-corrected chi connectivity index (χ4v) is 0. The number of carboxylic acid groups (broad SMARTS) is 4. The molecule has 0 aromatic carbocycles. The maximum atomic E-state index is 9.04. The fourth-order valence-electron chi connectivity index (χ4n) is 0. The van der Waals surface area contributed by atoms with Crippen molar-refractivity contribution in [1.29, 1.82) is 0 Å². The summed E-state index contributed by atoms with van der Waals surface area (Å²) in [7, 11) is 0. The molecule has 9 heteroatoms. The van der Waals surface area contributed by atoms with E-state index in [-0.39, 0.29) is 48.9 Å². The Balaban J connectivity index is -0.000000143. The number of carbonyl (C=O) groups is 4. The molecule has 0 bridgehead atoms. The van der Waals surface area contributed by atoms with Crippen LogP contribution in [0.1, 0.15) is 0 Å². The van der Waals surface area contributed by atoms with Crippen LogP contribution in [0, 0.1) is 0 Å². The van der Waals surface area contributed by atoms with Gasteiger partial charge in [0.1, 0.15) is 0 Å².